The number of nitrogens with zero attached hydrogens (tertiary/aromatic N) is 3. The fourth-order valence-electron chi connectivity index (χ4n) is 2.12. The smallest absolute Gasteiger partial charge is 0.132 e. The summed E-state index contributed by atoms with van der Waals surface area (Å²) >= 11 is 5.89. The third kappa shape index (κ3) is 2.87. The van der Waals surface area contributed by atoms with Crippen molar-refractivity contribution in [1.29, 1.82) is 5.26 Å². The molecule has 0 aliphatic carbocycles. The molecule has 0 N–H and O–H groups in total. The van der Waals surface area contributed by atoms with Gasteiger partial charge in [-0.3, -0.25) is 0 Å². The standard InChI is InChI=1S/C12H14ClN3O/c1-17-8-9-2-3-16(7-9)12-5-10(6-14)4-11(13)15-12/h4-5,9H,2-3,7-8H2,1H3. The first kappa shape index (κ1) is 12.2. The Balaban J connectivity index is 2.13. The minimum Gasteiger partial charge on any atom is -0.384 e. The molecule has 0 radical (unpaired) electrons. The minimum absolute atomic E-state index is 0.370. The lowest BCUT2D eigenvalue weighted by molar-refractivity contribution is 0.161. The highest BCUT2D eigenvalue weighted by atomic mass is 35.5. The Bertz CT molecular complexity index is 444. The van der Waals surface area contributed by atoms with Crippen LogP contribution in [0.1, 0.15) is 12.0 Å². The lowest BCUT2D eigenvalue weighted by Crippen LogP contribution is -2.22. The molecule has 0 saturated carbocycles. The quantitative estimate of drug-likeness (QED) is 0.772. The highest BCUT2D eigenvalue weighted by Gasteiger charge is 2.23. The van der Waals surface area contributed by atoms with Gasteiger partial charge in [0.05, 0.1) is 18.2 Å². The van der Waals surface area contributed by atoms with Crippen LogP contribution in [0.3, 0.4) is 0 Å². The lowest BCUT2D eigenvalue weighted by atomic mass is 10.1. The summed E-state index contributed by atoms with van der Waals surface area (Å²) in [6.45, 7) is 2.61. The predicted octanol–water partition coefficient (Wildman–Crippen LogP) is 2.08. The summed E-state index contributed by atoms with van der Waals surface area (Å²) in [6, 6.07) is 5.45. The molecule has 2 rings (SSSR count). The summed E-state index contributed by atoms with van der Waals surface area (Å²) in [4.78, 5) is 6.41. The number of rotatable bonds is 3. The van der Waals surface area contributed by atoms with Crippen LogP contribution in [0.4, 0.5) is 5.82 Å². The van der Waals surface area contributed by atoms with Gasteiger partial charge >= 0.3 is 0 Å². The third-order valence-corrected chi connectivity index (χ3v) is 3.12. The number of pyridine rings is 1. The van der Waals surface area contributed by atoms with Crippen molar-refractivity contribution in [3.8, 4) is 6.07 Å². The van der Waals surface area contributed by atoms with Crippen LogP contribution < -0.4 is 4.90 Å². The maximum absolute atomic E-state index is 8.89. The molecule has 17 heavy (non-hydrogen) atoms. The van der Waals surface area contributed by atoms with Gasteiger partial charge in [0.25, 0.3) is 0 Å². The molecular weight excluding hydrogens is 238 g/mol. The SMILES string of the molecule is COCC1CCN(c2cc(C#N)cc(Cl)n2)C1. The molecule has 0 spiro atoms. The molecule has 4 nitrogen and oxygen atoms in total. The summed E-state index contributed by atoms with van der Waals surface area (Å²) in [5, 5.41) is 9.26. The Morgan fingerprint density at radius 2 is 2.47 bits per heavy atom. The molecule has 1 aliphatic heterocycles. The van der Waals surface area contributed by atoms with Gasteiger partial charge < -0.3 is 9.64 Å². The van der Waals surface area contributed by atoms with Crippen molar-refractivity contribution in [3.05, 3.63) is 22.8 Å². The van der Waals surface area contributed by atoms with Crippen molar-refractivity contribution in [3.63, 3.8) is 0 Å². The number of halogens is 1. The van der Waals surface area contributed by atoms with E-state index < -0.39 is 0 Å². The Kier molecular flexibility index (Phi) is 3.82. The van der Waals surface area contributed by atoms with E-state index in [1.807, 2.05) is 0 Å². The number of methoxy groups -OCH3 is 1. The predicted molar refractivity (Wildman–Crippen MR) is 66.2 cm³/mol. The van der Waals surface area contributed by atoms with Crippen LogP contribution in [-0.4, -0.2) is 31.8 Å². The number of hydrogen-bond donors (Lipinski definition) is 0. The molecule has 1 unspecified atom stereocenters. The molecule has 90 valence electrons. The zero-order valence-corrected chi connectivity index (χ0v) is 10.4. The number of nitriles is 1. The van der Waals surface area contributed by atoms with E-state index in [0.717, 1.165) is 31.9 Å². The van der Waals surface area contributed by atoms with Gasteiger partial charge in [-0.2, -0.15) is 5.26 Å². The number of hydrogen-bond acceptors (Lipinski definition) is 4. The van der Waals surface area contributed by atoms with E-state index in [9.17, 15) is 0 Å². The first-order valence-electron chi connectivity index (χ1n) is 5.54. The van der Waals surface area contributed by atoms with Crippen LogP contribution in [-0.2, 0) is 4.74 Å². The molecule has 1 saturated heterocycles. The Labute approximate surface area is 106 Å². The maximum Gasteiger partial charge on any atom is 0.132 e. The Hall–Kier alpha value is -1.31. The maximum atomic E-state index is 8.89. The second-order valence-corrected chi connectivity index (χ2v) is 4.59. The molecule has 0 bridgehead atoms. The van der Waals surface area contributed by atoms with Crippen molar-refractivity contribution >= 4 is 17.4 Å². The van der Waals surface area contributed by atoms with Crippen molar-refractivity contribution in [2.24, 2.45) is 5.92 Å². The monoisotopic (exact) mass is 251 g/mol. The highest BCUT2D eigenvalue weighted by molar-refractivity contribution is 6.29. The molecular formula is C12H14ClN3O. The normalized spacial score (nSPS) is 19.4. The van der Waals surface area contributed by atoms with Crippen LogP contribution in [0.5, 0.6) is 0 Å². The fourth-order valence-corrected chi connectivity index (χ4v) is 2.33. The average Bonchev–Trinajstić information content (AvgIpc) is 2.77. The van der Waals surface area contributed by atoms with Gasteiger partial charge in [0.2, 0.25) is 0 Å². The van der Waals surface area contributed by atoms with E-state index in [-0.39, 0.29) is 0 Å². The van der Waals surface area contributed by atoms with E-state index in [4.69, 9.17) is 21.6 Å². The summed E-state index contributed by atoms with van der Waals surface area (Å²) in [6.07, 6.45) is 1.09. The van der Waals surface area contributed by atoms with Gasteiger partial charge in [-0.05, 0) is 18.6 Å². The summed E-state index contributed by atoms with van der Waals surface area (Å²) in [5.74, 6) is 1.32. The first-order valence-corrected chi connectivity index (χ1v) is 5.92. The Morgan fingerprint density at radius 3 is 3.18 bits per heavy atom. The van der Waals surface area contributed by atoms with Crippen LogP contribution in [0.2, 0.25) is 5.15 Å². The summed E-state index contributed by atoms with van der Waals surface area (Å²) < 4.78 is 5.15. The van der Waals surface area contributed by atoms with E-state index in [2.05, 4.69) is 16.0 Å². The van der Waals surface area contributed by atoms with Crippen molar-refractivity contribution < 1.29 is 4.74 Å². The lowest BCUT2D eigenvalue weighted by Gasteiger charge is -2.17. The largest absolute Gasteiger partial charge is 0.384 e. The minimum atomic E-state index is 0.370. The second kappa shape index (κ2) is 5.35. The summed E-state index contributed by atoms with van der Waals surface area (Å²) in [7, 11) is 1.72. The van der Waals surface area contributed by atoms with Gasteiger partial charge in [-0.15, -0.1) is 0 Å². The molecule has 5 heteroatoms. The second-order valence-electron chi connectivity index (χ2n) is 4.20. The zero-order chi connectivity index (χ0) is 12.3. The summed E-state index contributed by atoms with van der Waals surface area (Å²) in [5.41, 5.74) is 0.551. The molecule has 0 amide bonds. The van der Waals surface area contributed by atoms with Crippen LogP contribution >= 0.6 is 11.6 Å². The van der Waals surface area contributed by atoms with Gasteiger partial charge in [-0.25, -0.2) is 4.98 Å². The van der Waals surface area contributed by atoms with E-state index in [1.165, 1.54) is 0 Å². The fraction of sp³-hybridized carbons (Fsp3) is 0.500. The van der Waals surface area contributed by atoms with Gasteiger partial charge in [0.15, 0.2) is 0 Å². The highest BCUT2D eigenvalue weighted by Crippen LogP contribution is 2.24. The van der Waals surface area contributed by atoms with E-state index in [0.29, 0.717) is 16.6 Å². The van der Waals surface area contributed by atoms with Crippen LogP contribution in [0.15, 0.2) is 12.1 Å². The van der Waals surface area contributed by atoms with Gasteiger partial charge in [0.1, 0.15) is 11.0 Å². The Morgan fingerprint density at radius 1 is 1.65 bits per heavy atom. The first-order chi connectivity index (χ1) is 8.22. The van der Waals surface area contributed by atoms with Crippen molar-refractivity contribution in [2.45, 2.75) is 6.42 Å². The van der Waals surface area contributed by atoms with Gasteiger partial charge in [-0.1, -0.05) is 11.6 Å². The number of anilines is 1. The van der Waals surface area contributed by atoms with Crippen molar-refractivity contribution in [1.82, 2.24) is 4.98 Å². The van der Waals surface area contributed by atoms with Crippen molar-refractivity contribution in [2.75, 3.05) is 31.7 Å². The van der Waals surface area contributed by atoms with E-state index >= 15 is 0 Å². The molecule has 1 fully saturated rings. The van der Waals surface area contributed by atoms with Gasteiger partial charge in [0, 0.05) is 26.1 Å². The molecule has 1 atom stereocenters. The topological polar surface area (TPSA) is 49.1 Å². The molecule has 1 aromatic rings. The van der Waals surface area contributed by atoms with E-state index in [1.54, 1.807) is 19.2 Å². The zero-order valence-electron chi connectivity index (χ0n) is 9.69. The molecule has 1 aliphatic rings. The average molecular weight is 252 g/mol. The number of aromatic nitrogens is 1. The third-order valence-electron chi connectivity index (χ3n) is 2.92. The van der Waals surface area contributed by atoms with Crippen LogP contribution in [0.25, 0.3) is 0 Å². The molecule has 0 aromatic carbocycles. The molecule has 1 aromatic heterocycles. The number of ether oxygens (including phenoxy) is 1. The van der Waals surface area contributed by atoms with Crippen LogP contribution in [0, 0.1) is 17.2 Å². The molecule has 2 heterocycles.